The Morgan fingerprint density at radius 3 is 2.38 bits per heavy atom. The van der Waals surface area contributed by atoms with Gasteiger partial charge in [-0.3, -0.25) is 14.9 Å². The van der Waals surface area contributed by atoms with Gasteiger partial charge in [-0.25, -0.2) is 4.39 Å². The number of rotatable bonds is 4. The fourth-order valence-electron chi connectivity index (χ4n) is 3.45. The Hall–Kier alpha value is -3.30. The van der Waals surface area contributed by atoms with Crippen LogP contribution in [0.1, 0.15) is 20.0 Å². The van der Waals surface area contributed by atoms with Crippen LogP contribution < -0.4 is 15.5 Å². The monoisotopic (exact) mass is 468 g/mol. The molecule has 2 aromatic carbocycles. The summed E-state index contributed by atoms with van der Waals surface area (Å²) in [6.07, 6.45) is 0. The molecule has 3 aromatic rings. The van der Waals surface area contributed by atoms with E-state index >= 15 is 0 Å². The van der Waals surface area contributed by atoms with E-state index in [2.05, 4.69) is 15.5 Å². The topological polar surface area (TPSA) is 64.7 Å². The number of amides is 2. The fourth-order valence-corrected chi connectivity index (χ4v) is 4.35. The number of thiophene rings is 1. The van der Waals surface area contributed by atoms with Crippen molar-refractivity contribution < 1.29 is 14.0 Å². The molecule has 1 aromatic heterocycles. The zero-order valence-corrected chi connectivity index (χ0v) is 18.7. The quantitative estimate of drug-likeness (QED) is 0.567. The van der Waals surface area contributed by atoms with E-state index in [-0.39, 0.29) is 16.6 Å². The third-order valence-electron chi connectivity index (χ3n) is 5.10. The van der Waals surface area contributed by atoms with Crippen LogP contribution in [0, 0.1) is 5.82 Å². The highest BCUT2D eigenvalue weighted by atomic mass is 32.1. The molecule has 0 aliphatic carbocycles. The SMILES string of the molecule is O=C(NC(=S)Nc1ccc(N2CCN(C(=O)c3cccs3)CC2)cc1)c1cccc(F)c1. The van der Waals surface area contributed by atoms with Gasteiger partial charge < -0.3 is 15.1 Å². The Bertz CT molecular complexity index is 1110. The van der Waals surface area contributed by atoms with Gasteiger partial charge in [-0.15, -0.1) is 11.3 Å². The van der Waals surface area contributed by atoms with Crippen molar-refractivity contribution in [1.82, 2.24) is 10.2 Å². The lowest BCUT2D eigenvalue weighted by Gasteiger charge is -2.36. The predicted octanol–water partition coefficient (Wildman–Crippen LogP) is 3.98. The van der Waals surface area contributed by atoms with Crippen LogP contribution in [0.2, 0.25) is 0 Å². The fraction of sp³-hybridized carbons (Fsp3) is 0.174. The van der Waals surface area contributed by atoms with E-state index in [4.69, 9.17) is 12.2 Å². The van der Waals surface area contributed by atoms with E-state index in [9.17, 15) is 14.0 Å². The summed E-state index contributed by atoms with van der Waals surface area (Å²) in [7, 11) is 0. The first-order valence-corrected chi connectivity index (χ1v) is 11.3. The molecule has 6 nitrogen and oxygen atoms in total. The average Bonchev–Trinajstić information content (AvgIpc) is 3.34. The molecule has 2 heterocycles. The Labute approximate surface area is 194 Å². The van der Waals surface area contributed by atoms with Crippen LogP contribution in [-0.2, 0) is 0 Å². The molecule has 2 N–H and O–H groups in total. The highest BCUT2D eigenvalue weighted by molar-refractivity contribution is 7.80. The molecule has 1 aliphatic heterocycles. The number of thiocarbonyl (C=S) groups is 1. The minimum atomic E-state index is -0.483. The first-order valence-electron chi connectivity index (χ1n) is 10.1. The van der Waals surface area contributed by atoms with Crippen molar-refractivity contribution in [3.63, 3.8) is 0 Å². The number of anilines is 2. The van der Waals surface area contributed by atoms with Gasteiger partial charge in [0.1, 0.15) is 5.82 Å². The molecule has 0 unspecified atom stereocenters. The van der Waals surface area contributed by atoms with Gasteiger partial charge in [0.05, 0.1) is 4.88 Å². The molecule has 1 saturated heterocycles. The van der Waals surface area contributed by atoms with E-state index in [1.807, 2.05) is 46.7 Å². The van der Waals surface area contributed by atoms with Gasteiger partial charge in [0.2, 0.25) is 0 Å². The summed E-state index contributed by atoms with van der Waals surface area (Å²) in [6.45, 7) is 2.86. The summed E-state index contributed by atoms with van der Waals surface area (Å²) in [4.78, 5) is 29.5. The second-order valence-electron chi connectivity index (χ2n) is 7.22. The van der Waals surface area contributed by atoms with Gasteiger partial charge in [-0.1, -0.05) is 12.1 Å². The van der Waals surface area contributed by atoms with Crippen LogP contribution >= 0.6 is 23.6 Å². The molecule has 164 valence electrons. The smallest absolute Gasteiger partial charge is 0.264 e. The molecule has 0 bridgehead atoms. The maximum Gasteiger partial charge on any atom is 0.264 e. The zero-order chi connectivity index (χ0) is 22.5. The van der Waals surface area contributed by atoms with Gasteiger partial charge in [0.15, 0.2) is 5.11 Å². The summed E-state index contributed by atoms with van der Waals surface area (Å²) in [5.74, 6) is -0.870. The van der Waals surface area contributed by atoms with Crippen LogP contribution in [0.25, 0.3) is 0 Å². The van der Waals surface area contributed by atoms with Gasteiger partial charge in [-0.05, 0) is 66.1 Å². The maximum absolute atomic E-state index is 13.3. The number of benzene rings is 2. The zero-order valence-electron chi connectivity index (χ0n) is 17.1. The largest absolute Gasteiger partial charge is 0.368 e. The summed E-state index contributed by atoms with van der Waals surface area (Å²) in [5.41, 5.74) is 1.97. The molecular weight excluding hydrogens is 447 g/mol. The highest BCUT2D eigenvalue weighted by Crippen LogP contribution is 2.21. The van der Waals surface area contributed by atoms with Gasteiger partial charge in [0, 0.05) is 43.1 Å². The first-order chi connectivity index (χ1) is 15.5. The van der Waals surface area contributed by atoms with Crippen molar-refractivity contribution in [3.05, 3.63) is 82.3 Å². The number of hydrogen-bond acceptors (Lipinski definition) is 5. The Kier molecular flexibility index (Phi) is 6.77. The maximum atomic E-state index is 13.3. The molecule has 0 radical (unpaired) electrons. The van der Waals surface area contributed by atoms with Crippen molar-refractivity contribution in [2.75, 3.05) is 36.4 Å². The molecule has 1 aliphatic rings. The van der Waals surface area contributed by atoms with Gasteiger partial charge in [0.25, 0.3) is 11.8 Å². The molecule has 2 amide bonds. The Morgan fingerprint density at radius 2 is 1.72 bits per heavy atom. The lowest BCUT2D eigenvalue weighted by molar-refractivity contribution is 0.0751. The van der Waals surface area contributed by atoms with Crippen molar-refractivity contribution in [2.24, 2.45) is 0 Å². The number of nitrogens with zero attached hydrogens (tertiary/aromatic N) is 2. The molecule has 0 saturated carbocycles. The van der Waals surface area contributed by atoms with E-state index < -0.39 is 11.7 Å². The number of nitrogens with one attached hydrogen (secondary N) is 2. The molecular formula is C23H21FN4O2S2. The lowest BCUT2D eigenvalue weighted by atomic mass is 10.2. The normalized spacial score (nSPS) is 13.5. The third kappa shape index (κ3) is 5.30. The second kappa shape index (κ2) is 9.88. The first kappa shape index (κ1) is 21.9. The molecule has 0 atom stereocenters. The second-order valence-corrected chi connectivity index (χ2v) is 8.58. The molecule has 32 heavy (non-hydrogen) atoms. The Morgan fingerprint density at radius 1 is 0.969 bits per heavy atom. The summed E-state index contributed by atoms with van der Waals surface area (Å²) >= 11 is 6.66. The number of carbonyl (C=O) groups excluding carboxylic acids is 2. The average molecular weight is 469 g/mol. The van der Waals surface area contributed by atoms with Crippen LogP contribution in [0.15, 0.2) is 66.0 Å². The standard InChI is InChI=1S/C23H21FN4O2S2/c24-17-4-1-3-16(15-17)21(29)26-23(31)25-18-6-8-19(9-7-18)27-10-12-28(13-11-27)22(30)20-5-2-14-32-20/h1-9,14-15H,10-13H2,(H2,25,26,29,31). The van der Waals surface area contributed by atoms with E-state index in [0.29, 0.717) is 13.1 Å². The van der Waals surface area contributed by atoms with Crippen LogP contribution in [0.3, 0.4) is 0 Å². The van der Waals surface area contributed by atoms with E-state index in [1.54, 1.807) is 0 Å². The minimum absolute atomic E-state index is 0.0907. The predicted molar refractivity (Wildman–Crippen MR) is 129 cm³/mol. The molecule has 0 spiro atoms. The van der Waals surface area contributed by atoms with Crippen LogP contribution in [-0.4, -0.2) is 48.0 Å². The van der Waals surface area contributed by atoms with E-state index in [0.717, 1.165) is 35.4 Å². The Balaban J connectivity index is 1.28. The van der Waals surface area contributed by atoms with Crippen molar-refractivity contribution in [2.45, 2.75) is 0 Å². The lowest BCUT2D eigenvalue weighted by Crippen LogP contribution is -2.48. The number of hydrogen-bond donors (Lipinski definition) is 2. The summed E-state index contributed by atoms with van der Waals surface area (Å²) in [6, 6.07) is 16.8. The van der Waals surface area contributed by atoms with Crippen molar-refractivity contribution in [1.29, 1.82) is 0 Å². The molecule has 1 fully saturated rings. The van der Waals surface area contributed by atoms with Gasteiger partial charge >= 0.3 is 0 Å². The summed E-state index contributed by atoms with van der Waals surface area (Å²) < 4.78 is 13.3. The number of carbonyl (C=O) groups is 2. The number of piperazine rings is 1. The minimum Gasteiger partial charge on any atom is -0.368 e. The van der Waals surface area contributed by atoms with Crippen LogP contribution in [0.4, 0.5) is 15.8 Å². The van der Waals surface area contributed by atoms with Crippen molar-refractivity contribution >= 4 is 51.9 Å². The third-order valence-corrected chi connectivity index (χ3v) is 6.17. The summed E-state index contributed by atoms with van der Waals surface area (Å²) in [5, 5.41) is 7.55. The molecule has 9 heteroatoms. The number of halogens is 1. The van der Waals surface area contributed by atoms with Crippen molar-refractivity contribution in [3.8, 4) is 0 Å². The molecule has 4 rings (SSSR count). The van der Waals surface area contributed by atoms with Gasteiger partial charge in [-0.2, -0.15) is 0 Å². The van der Waals surface area contributed by atoms with Crippen LogP contribution in [0.5, 0.6) is 0 Å². The van der Waals surface area contributed by atoms with E-state index in [1.165, 1.54) is 29.5 Å². The highest BCUT2D eigenvalue weighted by Gasteiger charge is 2.22.